The summed E-state index contributed by atoms with van der Waals surface area (Å²) < 4.78 is 16.0. The molecule has 6 rings (SSSR count). The van der Waals surface area contributed by atoms with E-state index in [1.165, 1.54) is 5.01 Å². The summed E-state index contributed by atoms with van der Waals surface area (Å²) in [6.45, 7) is 2.15. The van der Waals surface area contributed by atoms with E-state index >= 15 is 0 Å². The van der Waals surface area contributed by atoms with Crippen molar-refractivity contribution in [1.29, 1.82) is 0 Å². The standard InChI is InChI=1S/C21H16N6O5/c1-11-2-5-13(6-3-11)27-20(28)17-18(21(27)29)26(25-23-17)9-16-22-19(24-32-16)12-4-7-14-15(8-12)31-10-30-14/h2-8,17-18H,9-10H2,1H3. The number of ether oxygens (including phenoxy) is 2. The Morgan fingerprint density at radius 3 is 2.69 bits per heavy atom. The topological polar surface area (TPSA) is 123 Å². The Morgan fingerprint density at radius 2 is 1.84 bits per heavy atom. The Hall–Kier alpha value is -4.28. The van der Waals surface area contributed by atoms with Crippen LogP contribution in [0, 0.1) is 6.92 Å². The second-order valence-electron chi connectivity index (χ2n) is 7.62. The van der Waals surface area contributed by atoms with Crippen LogP contribution in [0.3, 0.4) is 0 Å². The first kappa shape index (κ1) is 18.5. The Bertz CT molecular complexity index is 1270. The molecule has 2 amide bonds. The van der Waals surface area contributed by atoms with Crippen molar-refractivity contribution in [3.63, 3.8) is 0 Å². The molecule has 1 aromatic heterocycles. The molecule has 160 valence electrons. The first-order chi connectivity index (χ1) is 15.6. The maximum absolute atomic E-state index is 13.1. The van der Waals surface area contributed by atoms with Crippen LogP contribution >= 0.6 is 0 Å². The quantitative estimate of drug-likeness (QED) is 0.576. The molecule has 0 saturated carbocycles. The number of aryl methyl sites for hydroxylation is 1. The Kier molecular flexibility index (Phi) is 3.97. The fraction of sp³-hybridized carbons (Fsp3) is 0.238. The molecule has 11 nitrogen and oxygen atoms in total. The summed E-state index contributed by atoms with van der Waals surface area (Å²) in [6.07, 6.45) is 0. The molecule has 3 aliphatic rings. The summed E-state index contributed by atoms with van der Waals surface area (Å²) in [5, 5.41) is 13.4. The average molecular weight is 432 g/mol. The lowest BCUT2D eigenvalue weighted by Crippen LogP contribution is -2.39. The van der Waals surface area contributed by atoms with Crippen molar-refractivity contribution in [2.45, 2.75) is 25.6 Å². The highest BCUT2D eigenvalue weighted by Gasteiger charge is 2.55. The number of rotatable bonds is 4. The molecule has 2 unspecified atom stereocenters. The van der Waals surface area contributed by atoms with Crippen molar-refractivity contribution in [2.75, 3.05) is 11.7 Å². The normalized spacial score (nSPS) is 21.0. The largest absolute Gasteiger partial charge is 0.454 e. The maximum atomic E-state index is 13.1. The Balaban J connectivity index is 1.22. The molecular weight excluding hydrogens is 416 g/mol. The summed E-state index contributed by atoms with van der Waals surface area (Å²) in [5.41, 5.74) is 2.24. The van der Waals surface area contributed by atoms with Gasteiger partial charge >= 0.3 is 0 Å². The van der Waals surface area contributed by atoms with Crippen molar-refractivity contribution < 1.29 is 23.6 Å². The molecular formula is C21H16N6O5. The number of anilines is 1. The zero-order valence-corrected chi connectivity index (χ0v) is 16.8. The van der Waals surface area contributed by atoms with Crippen LogP contribution in [-0.2, 0) is 16.1 Å². The van der Waals surface area contributed by atoms with Gasteiger partial charge in [-0.05, 0) is 37.3 Å². The lowest BCUT2D eigenvalue weighted by atomic mass is 10.1. The van der Waals surface area contributed by atoms with Crippen LogP contribution < -0.4 is 14.4 Å². The molecule has 3 aliphatic heterocycles. The third kappa shape index (κ3) is 2.82. The molecule has 0 aliphatic carbocycles. The zero-order valence-electron chi connectivity index (χ0n) is 16.8. The van der Waals surface area contributed by atoms with E-state index in [-0.39, 0.29) is 25.1 Å². The van der Waals surface area contributed by atoms with E-state index in [0.717, 1.165) is 10.5 Å². The van der Waals surface area contributed by atoms with E-state index in [2.05, 4.69) is 20.5 Å². The number of benzene rings is 2. The molecule has 3 aromatic rings. The van der Waals surface area contributed by atoms with E-state index in [1.807, 2.05) is 19.1 Å². The molecule has 11 heteroatoms. The molecule has 2 aromatic carbocycles. The number of fused-ring (bicyclic) bond motifs is 2. The molecule has 0 spiro atoms. The van der Waals surface area contributed by atoms with Crippen molar-refractivity contribution in [3.8, 4) is 22.9 Å². The first-order valence-electron chi connectivity index (χ1n) is 9.93. The van der Waals surface area contributed by atoms with Crippen LogP contribution in [0.15, 0.2) is 57.3 Å². The van der Waals surface area contributed by atoms with Gasteiger partial charge in [0.2, 0.25) is 18.5 Å². The molecule has 0 N–H and O–H groups in total. The minimum absolute atomic E-state index is 0.0446. The number of amides is 2. The van der Waals surface area contributed by atoms with Crippen LogP contribution in [0.4, 0.5) is 5.69 Å². The van der Waals surface area contributed by atoms with Crippen LogP contribution in [-0.4, -0.2) is 45.8 Å². The monoisotopic (exact) mass is 432 g/mol. The van der Waals surface area contributed by atoms with Gasteiger partial charge in [0.05, 0.1) is 5.69 Å². The van der Waals surface area contributed by atoms with Crippen LogP contribution in [0.25, 0.3) is 11.4 Å². The lowest BCUT2D eigenvalue weighted by molar-refractivity contribution is -0.123. The number of carbonyl (C=O) groups is 2. The zero-order chi connectivity index (χ0) is 21.8. The van der Waals surface area contributed by atoms with Gasteiger partial charge in [-0.1, -0.05) is 28.1 Å². The highest BCUT2D eigenvalue weighted by Crippen LogP contribution is 2.36. The first-order valence-corrected chi connectivity index (χ1v) is 9.93. The molecule has 4 heterocycles. The lowest BCUT2D eigenvalue weighted by Gasteiger charge is -2.19. The van der Waals surface area contributed by atoms with Crippen LogP contribution in [0.2, 0.25) is 0 Å². The van der Waals surface area contributed by atoms with E-state index in [1.54, 1.807) is 30.3 Å². The van der Waals surface area contributed by atoms with E-state index in [0.29, 0.717) is 28.6 Å². The second kappa shape index (κ2) is 6.87. The summed E-state index contributed by atoms with van der Waals surface area (Å²) in [5.74, 6) is 1.08. The average Bonchev–Trinajstić information content (AvgIpc) is 3.57. The highest BCUT2D eigenvalue weighted by molar-refractivity contribution is 6.25. The van der Waals surface area contributed by atoms with Gasteiger partial charge in [0.25, 0.3) is 11.8 Å². The van der Waals surface area contributed by atoms with E-state index in [9.17, 15) is 9.59 Å². The van der Waals surface area contributed by atoms with Gasteiger partial charge in [-0.2, -0.15) is 10.1 Å². The van der Waals surface area contributed by atoms with Gasteiger partial charge in [-0.25, -0.2) is 4.90 Å². The molecule has 32 heavy (non-hydrogen) atoms. The summed E-state index contributed by atoms with van der Waals surface area (Å²) >= 11 is 0. The fourth-order valence-corrected chi connectivity index (χ4v) is 3.91. The van der Waals surface area contributed by atoms with Gasteiger partial charge in [0, 0.05) is 5.56 Å². The van der Waals surface area contributed by atoms with Crippen molar-refractivity contribution in [3.05, 3.63) is 53.9 Å². The predicted molar refractivity (Wildman–Crippen MR) is 108 cm³/mol. The van der Waals surface area contributed by atoms with Crippen molar-refractivity contribution in [1.82, 2.24) is 15.1 Å². The highest BCUT2D eigenvalue weighted by atomic mass is 16.7. The van der Waals surface area contributed by atoms with Crippen molar-refractivity contribution >= 4 is 17.5 Å². The third-order valence-electron chi connectivity index (χ3n) is 5.55. The van der Waals surface area contributed by atoms with Gasteiger partial charge in [0.15, 0.2) is 23.6 Å². The Morgan fingerprint density at radius 1 is 1.03 bits per heavy atom. The third-order valence-corrected chi connectivity index (χ3v) is 5.55. The number of imide groups is 1. The second-order valence-corrected chi connectivity index (χ2v) is 7.62. The number of nitrogens with zero attached hydrogens (tertiary/aromatic N) is 6. The summed E-state index contributed by atoms with van der Waals surface area (Å²) in [7, 11) is 0. The smallest absolute Gasteiger partial charge is 0.263 e. The number of aromatic nitrogens is 2. The van der Waals surface area contributed by atoms with Gasteiger partial charge < -0.3 is 14.0 Å². The molecule has 1 fully saturated rings. The SMILES string of the molecule is Cc1ccc(N2C(=O)C3N=NN(Cc4nc(-c5ccc6c(c5)OCO6)no4)C3C2=O)cc1. The van der Waals surface area contributed by atoms with E-state index < -0.39 is 18.0 Å². The molecule has 2 atom stereocenters. The maximum Gasteiger partial charge on any atom is 0.263 e. The van der Waals surface area contributed by atoms with Crippen LogP contribution in [0.1, 0.15) is 11.5 Å². The molecule has 0 bridgehead atoms. The van der Waals surface area contributed by atoms with Crippen molar-refractivity contribution in [2.24, 2.45) is 10.3 Å². The number of hydrogen-bond donors (Lipinski definition) is 0. The Labute approximate surface area is 181 Å². The fourth-order valence-electron chi connectivity index (χ4n) is 3.91. The predicted octanol–water partition coefficient (Wildman–Crippen LogP) is 2.27. The number of hydrogen-bond acceptors (Lipinski definition) is 10. The summed E-state index contributed by atoms with van der Waals surface area (Å²) in [4.78, 5) is 31.4. The summed E-state index contributed by atoms with van der Waals surface area (Å²) in [6, 6.07) is 10.8. The van der Waals surface area contributed by atoms with Gasteiger partial charge in [-0.15, -0.1) is 0 Å². The molecule has 0 radical (unpaired) electrons. The van der Waals surface area contributed by atoms with Gasteiger partial charge in [0.1, 0.15) is 6.54 Å². The minimum Gasteiger partial charge on any atom is -0.454 e. The van der Waals surface area contributed by atoms with E-state index in [4.69, 9.17) is 14.0 Å². The van der Waals surface area contributed by atoms with Gasteiger partial charge in [-0.3, -0.25) is 14.6 Å². The number of carbonyl (C=O) groups excluding carboxylic acids is 2. The minimum atomic E-state index is -0.889. The van der Waals surface area contributed by atoms with Crippen LogP contribution in [0.5, 0.6) is 11.5 Å². The molecule has 1 saturated heterocycles.